The van der Waals surface area contributed by atoms with Gasteiger partial charge in [-0.2, -0.15) is 5.10 Å². The van der Waals surface area contributed by atoms with Crippen molar-refractivity contribution in [2.24, 2.45) is 5.41 Å². The summed E-state index contributed by atoms with van der Waals surface area (Å²) < 4.78 is 1.64. The zero-order chi connectivity index (χ0) is 20.2. The number of carbonyl (C=O) groups is 1. The minimum Gasteiger partial charge on any atom is -0.347 e. The Labute approximate surface area is 169 Å². The van der Waals surface area contributed by atoms with Crippen LogP contribution in [0.2, 0.25) is 0 Å². The molecule has 3 aromatic heterocycles. The Morgan fingerprint density at radius 1 is 1.21 bits per heavy atom. The lowest BCUT2D eigenvalue weighted by atomic mass is 9.70. The number of anilines is 1. The second kappa shape index (κ2) is 6.48. The molecule has 1 unspecified atom stereocenters. The van der Waals surface area contributed by atoms with Gasteiger partial charge in [0.2, 0.25) is 5.95 Å². The SMILES string of the molecule is CN1CC(c2ccnc(N(C)C)n2)C2(C1)CN(C(=O)c1cc3ncccn3n1)C2. The van der Waals surface area contributed by atoms with E-state index in [0.717, 1.165) is 24.7 Å². The summed E-state index contributed by atoms with van der Waals surface area (Å²) in [5, 5.41) is 4.38. The second-order valence-electron chi connectivity index (χ2n) is 8.40. The van der Waals surface area contributed by atoms with Crippen molar-refractivity contribution in [2.75, 3.05) is 52.2 Å². The molecule has 5 rings (SSSR count). The van der Waals surface area contributed by atoms with Gasteiger partial charge in [-0.15, -0.1) is 0 Å². The summed E-state index contributed by atoms with van der Waals surface area (Å²) in [6, 6.07) is 5.56. The number of likely N-dealkylation sites (tertiary alicyclic amines) is 2. The van der Waals surface area contributed by atoms with Gasteiger partial charge in [-0.1, -0.05) is 0 Å². The summed E-state index contributed by atoms with van der Waals surface area (Å²) in [5.74, 6) is 0.962. The molecular weight excluding hydrogens is 368 g/mol. The molecule has 0 N–H and O–H groups in total. The van der Waals surface area contributed by atoms with E-state index in [1.165, 1.54) is 0 Å². The molecule has 150 valence electrons. The van der Waals surface area contributed by atoms with Crippen molar-refractivity contribution in [3.8, 4) is 0 Å². The largest absolute Gasteiger partial charge is 0.347 e. The topological polar surface area (TPSA) is 82.8 Å². The average Bonchev–Trinajstić information content (AvgIpc) is 3.27. The van der Waals surface area contributed by atoms with Gasteiger partial charge >= 0.3 is 0 Å². The van der Waals surface area contributed by atoms with Gasteiger partial charge in [0.15, 0.2) is 11.3 Å². The van der Waals surface area contributed by atoms with Crippen LogP contribution in [0.25, 0.3) is 5.65 Å². The van der Waals surface area contributed by atoms with Gasteiger partial charge in [0.05, 0.1) is 5.69 Å². The van der Waals surface area contributed by atoms with E-state index in [-0.39, 0.29) is 17.2 Å². The standard InChI is InChI=1S/C20H24N8O/c1-25(2)19-22-7-5-15(23-19)14-10-26(3)11-20(14)12-27(13-20)18(29)16-9-17-21-6-4-8-28(17)24-16/h4-9,14H,10-13H2,1-3H3. The van der Waals surface area contributed by atoms with Crippen LogP contribution in [0.15, 0.2) is 36.8 Å². The Bertz CT molecular complexity index is 1040. The zero-order valence-electron chi connectivity index (χ0n) is 16.9. The predicted octanol–water partition coefficient (Wildman–Crippen LogP) is 0.757. The van der Waals surface area contributed by atoms with Gasteiger partial charge in [-0.05, 0) is 19.2 Å². The van der Waals surface area contributed by atoms with E-state index in [1.54, 1.807) is 29.0 Å². The highest BCUT2D eigenvalue weighted by Gasteiger charge is 2.55. The number of hydrogen-bond donors (Lipinski definition) is 0. The highest BCUT2D eigenvalue weighted by molar-refractivity contribution is 5.94. The van der Waals surface area contributed by atoms with Crippen LogP contribution in [0.1, 0.15) is 22.1 Å². The van der Waals surface area contributed by atoms with E-state index < -0.39 is 0 Å². The van der Waals surface area contributed by atoms with Crippen molar-refractivity contribution in [3.05, 3.63) is 48.2 Å². The minimum absolute atomic E-state index is 0.0275. The fourth-order valence-electron chi connectivity index (χ4n) is 4.67. The van der Waals surface area contributed by atoms with Gasteiger partial charge in [0.1, 0.15) is 0 Å². The molecule has 2 aliphatic heterocycles. The molecular formula is C20H24N8O. The molecule has 0 saturated carbocycles. The lowest BCUT2D eigenvalue weighted by Crippen LogP contribution is -2.61. The van der Waals surface area contributed by atoms with Crippen molar-refractivity contribution in [1.82, 2.24) is 34.4 Å². The Morgan fingerprint density at radius 3 is 2.79 bits per heavy atom. The number of carbonyl (C=O) groups excluding carboxylic acids is 1. The number of amides is 1. The van der Waals surface area contributed by atoms with Crippen LogP contribution in [-0.4, -0.2) is 87.6 Å². The molecule has 9 nitrogen and oxygen atoms in total. The van der Waals surface area contributed by atoms with Crippen LogP contribution >= 0.6 is 0 Å². The summed E-state index contributed by atoms with van der Waals surface area (Å²) in [5.41, 5.74) is 2.21. The third-order valence-corrected chi connectivity index (χ3v) is 5.99. The van der Waals surface area contributed by atoms with Crippen molar-refractivity contribution >= 4 is 17.5 Å². The van der Waals surface area contributed by atoms with Gasteiger partial charge < -0.3 is 14.7 Å². The van der Waals surface area contributed by atoms with E-state index in [9.17, 15) is 4.79 Å². The molecule has 2 aliphatic rings. The summed E-state index contributed by atoms with van der Waals surface area (Å²) in [6.45, 7) is 3.31. The Hall–Kier alpha value is -3.07. The summed E-state index contributed by atoms with van der Waals surface area (Å²) >= 11 is 0. The molecule has 2 fully saturated rings. The van der Waals surface area contributed by atoms with Gasteiger partial charge in [-0.3, -0.25) is 4.79 Å². The monoisotopic (exact) mass is 392 g/mol. The molecule has 1 spiro atoms. The van der Waals surface area contributed by atoms with Crippen LogP contribution < -0.4 is 4.90 Å². The van der Waals surface area contributed by atoms with E-state index in [2.05, 4.69) is 27.0 Å². The van der Waals surface area contributed by atoms with E-state index in [4.69, 9.17) is 4.98 Å². The number of hydrogen-bond acceptors (Lipinski definition) is 7. The van der Waals surface area contributed by atoms with Crippen LogP contribution in [0, 0.1) is 5.41 Å². The lowest BCUT2D eigenvalue weighted by molar-refractivity contribution is 0.00308. The zero-order valence-corrected chi connectivity index (χ0v) is 16.9. The molecule has 0 radical (unpaired) electrons. The minimum atomic E-state index is -0.0360. The molecule has 1 atom stereocenters. The molecule has 1 amide bonds. The highest BCUT2D eigenvalue weighted by Crippen LogP contribution is 2.48. The molecule has 5 heterocycles. The Balaban J connectivity index is 1.37. The third kappa shape index (κ3) is 2.93. The number of likely N-dealkylation sites (N-methyl/N-ethyl adjacent to an activating group) is 1. The number of rotatable bonds is 3. The summed E-state index contributed by atoms with van der Waals surface area (Å²) in [6.07, 6.45) is 5.33. The average molecular weight is 392 g/mol. The quantitative estimate of drug-likeness (QED) is 0.651. The maximum atomic E-state index is 13.0. The molecule has 0 aromatic carbocycles. The third-order valence-electron chi connectivity index (χ3n) is 5.99. The molecule has 0 aliphatic carbocycles. The van der Waals surface area contributed by atoms with Gasteiger partial charge in [0, 0.05) is 76.3 Å². The van der Waals surface area contributed by atoms with Crippen LogP contribution in [0.5, 0.6) is 0 Å². The lowest BCUT2D eigenvalue weighted by Gasteiger charge is -2.50. The Morgan fingerprint density at radius 2 is 2.03 bits per heavy atom. The smallest absolute Gasteiger partial charge is 0.274 e. The van der Waals surface area contributed by atoms with Crippen molar-refractivity contribution < 1.29 is 4.79 Å². The molecule has 2 saturated heterocycles. The highest BCUT2D eigenvalue weighted by atomic mass is 16.2. The first kappa shape index (κ1) is 18.0. The van der Waals surface area contributed by atoms with Gasteiger partial charge in [0.25, 0.3) is 5.91 Å². The van der Waals surface area contributed by atoms with E-state index in [0.29, 0.717) is 24.4 Å². The number of aromatic nitrogens is 5. The van der Waals surface area contributed by atoms with Crippen molar-refractivity contribution in [2.45, 2.75) is 5.92 Å². The maximum absolute atomic E-state index is 13.0. The van der Waals surface area contributed by atoms with Crippen molar-refractivity contribution in [3.63, 3.8) is 0 Å². The summed E-state index contributed by atoms with van der Waals surface area (Å²) in [7, 11) is 6.03. The first-order valence-electron chi connectivity index (χ1n) is 9.74. The van der Waals surface area contributed by atoms with Crippen LogP contribution in [-0.2, 0) is 0 Å². The van der Waals surface area contributed by atoms with Crippen LogP contribution in [0.4, 0.5) is 5.95 Å². The second-order valence-corrected chi connectivity index (χ2v) is 8.40. The molecule has 9 heteroatoms. The molecule has 29 heavy (non-hydrogen) atoms. The Kier molecular flexibility index (Phi) is 4.02. The maximum Gasteiger partial charge on any atom is 0.274 e. The van der Waals surface area contributed by atoms with E-state index in [1.807, 2.05) is 36.2 Å². The first-order valence-corrected chi connectivity index (χ1v) is 9.74. The molecule has 3 aromatic rings. The fraction of sp³-hybridized carbons (Fsp3) is 0.450. The number of fused-ring (bicyclic) bond motifs is 1. The normalized spacial score (nSPS) is 20.9. The molecule has 0 bridgehead atoms. The predicted molar refractivity (Wildman–Crippen MR) is 108 cm³/mol. The van der Waals surface area contributed by atoms with E-state index >= 15 is 0 Å². The van der Waals surface area contributed by atoms with Crippen LogP contribution in [0.3, 0.4) is 0 Å². The fourth-order valence-corrected chi connectivity index (χ4v) is 4.67. The van der Waals surface area contributed by atoms with Crippen molar-refractivity contribution in [1.29, 1.82) is 0 Å². The van der Waals surface area contributed by atoms with Gasteiger partial charge in [-0.25, -0.2) is 19.5 Å². The first-order chi connectivity index (χ1) is 13.9. The number of nitrogens with zero attached hydrogens (tertiary/aromatic N) is 8. The summed E-state index contributed by atoms with van der Waals surface area (Å²) in [4.78, 5) is 32.5.